The summed E-state index contributed by atoms with van der Waals surface area (Å²) >= 11 is 0. The number of halogens is 3. The molecule has 21 heavy (non-hydrogen) atoms. The number of hydrogen-bond donors (Lipinski definition) is 2. The van der Waals surface area contributed by atoms with E-state index in [1.807, 2.05) is 20.8 Å². The second-order valence-electron chi connectivity index (χ2n) is 5.50. The minimum absolute atomic E-state index is 0.207. The van der Waals surface area contributed by atoms with E-state index in [0.717, 1.165) is 17.1 Å². The average Bonchev–Trinajstić information content (AvgIpc) is 2.86. The van der Waals surface area contributed by atoms with Crippen LogP contribution in [-0.4, -0.2) is 19.7 Å². The van der Waals surface area contributed by atoms with E-state index in [1.54, 1.807) is 0 Å². The summed E-state index contributed by atoms with van der Waals surface area (Å²) in [6.07, 6.45) is -2.84. The number of nitrogen functional groups attached to an aromatic ring is 1. The van der Waals surface area contributed by atoms with Crippen LogP contribution in [0.25, 0.3) is 5.82 Å². The lowest BCUT2D eigenvalue weighted by Crippen LogP contribution is -2.20. The third kappa shape index (κ3) is 3.30. The molecule has 0 radical (unpaired) electrons. The molecule has 0 aliphatic heterocycles. The Bertz CT molecular complexity index is 641. The van der Waals surface area contributed by atoms with Gasteiger partial charge in [0.1, 0.15) is 11.6 Å². The van der Waals surface area contributed by atoms with Crippen molar-refractivity contribution < 1.29 is 13.2 Å². The van der Waals surface area contributed by atoms with Crippen molar-refractivity contribution in [1.29, 1.82) is 0 Å². The highest BCUT2D eigenvalue weighted by atomic mass is 19.4. The normalized spacial score (nSPS) is 12.5. The Morgan fingerprint density at radius 1 is 1.19 bits per heavy atom. The molecule has 0 unspecified atom stereocenters. The molecule has 0 aliphatic rings. The van der Waals surface area contributed by atoms with Crippen molar-refractivity contribution in [1.82, 2.24) is 19.7 Å². The molecule has 0 saturated heterocycles. The Hall–Kier alpha value is -2.16. The Balaban J connectivity index is 2.51. The third-order valence-electron chi connectivity index (χ3n) is 2.68. The van der Waals surface area contributed by atoms with Crippen molar-refractivity contribution in [2.75, 3.05) is 5.43 Å². The molecule has 114 valence electrons. The van der Waals surface area contributed by atoms with Gasteiger partial charge in [0, 0.05) is 17.7 Å². The number of nitrogens with two attached hydrogens (primary N) is 1. The first-order valence-electron chi connectivity index (χ1n) is 6.09. The summed E-state index contributed by atoms with van der Waals surface area (Å²) in [5.41, 5.74) is 1.14. The molecule has 0 aliphatic carbocycles. The van der Waals surface area contributed by atoms with E-state index in [9.17, 15) is 13.2 Å². The standard InChI is InChI=1S/C12H15F3N6/c1-11(2,3)10-18-8(20-16)4-9(19-10)21-6-7(5-17-21)12(13,14)15/h4-6H,16H2,1-3H3,(H,18,19,20). The fourth-order valence-electron chi connectivity index (χ4n) is 1.56. The Morgan fingerprint density at radius 3 is 2.33 bits per heavy atom. The van der Waals surface area contributed by atoms with Gasteiger partial charge in [-0.05, 0) is 0 Å². The van der Waals surface area contributed by atoms with Crippen molar-refractivity contribution in [3.05, 3.63) is 29.8 Å². The van der Waals surface area contributed by atoms with E-state index in [-0.39, 0.29) is 11.2 Å². The molecule has 0 atom stereocenters. The summed E-state index contributed by atoms with van der Waals surface area (Å²) in [5, 5.41) is 3.69. The van der Waals surface area contributed by atoms with Gasteiger partial charge in [-0.1, -0.05) is 20.8 Å². The molecule has 3 N–H and O–H groups in total. The summed E-state index contributed by atoms with van der Waals surface area (Å²) < 4.78 is 38.9. The number of alkyl halides is 3. The van der Waals surface area contributed by atoms with Crippen LogP contribution in [0.4, 0.5) is 19.0 Å². The van der Waals surface area contributed by atoms with Crippen LogP contribution in [0.1, 0.15) is 32.2 Å². The van der Waals surface area contributed by atoms with Crippen LogP contribution in [-0.2, 0) is 11.6 Å². The van der Waals surface area contributed by atoms with E-state index in [2.05, 4.69) is 20.5 Å². The second-order valence-corrected chi connectivity index (χ2v) is 5.50. The Morgan fingerprint density at radius 2 is 1.86 bits per heavy atom. The maximum atomic E-state index is 12.6. The molecule has 2 aromatic rings. The van der Waals surface area contributed by atoms with Gasteiger partial charge in [0.05, 0.1) is 11.8 Å². The van der Waals surface area contributed by atoms with Crippen molar-refractivity contribution in [3.8, 4) is 5.82 Å². The van der Waals surface area contributed by atoms with Crippen LogP contribution in [0.2, 0.25) is 0 Å². The molecule has 0 aromatic carbocycles. The Labute approximate surface area is 119 Å². The van der Waals surface area contributed by atoms with E-state index in [0.29, 0.717) is 11.6 Å². The van der Waals surface area contributed by atoms with Gasteiger partial charge in [-0.15, -0.1) is 0 Å². The summed E-state index contributed by atoms with van der Waals surface area (Å²) in [5.74, 6) is 6.28. The zero-order valence-electron chi connectivity index (χ0n) is 11.7. The van der Waals surface area contributed by atoms with Crippen LogP contribution in [0.3, 0.4) is 0 Å². The lowest BCUT2D eigenvalue weighted by Gasteiger charge is -2.18. The van der Waals surface area contributed by atoms with Gasteiger partial charge >= 0.3 is 6.18 Å². The third-order valence-corrected chi connectivity index (χ3v) is 2.68. The largest absolute Gasteiger partial charge is 0.419 e. The number of nitrogens with one attached hydrogen (secondary N) is 1. The highest BCUT2D eigenvalue weighted by Crippen LogP contribution is 2.29. The van der Waals surface area contributed by atoms with Gasteiger partial charge in [-0.25, -0.2) is 20.5 Å². The second kappa shape index (κ2) is 4.99. The molecule has 0 fully saturated rings. The van der Waals surface area contributed by atoms with E-state index >= 15 is 0 Å². The number of aromatic nitrogens is 4. The summed E-state index contributed by atoms with van der Waals surface area (Å²) in [4.78, 5) is 8.44. The van der Waals surface area contributed by atoms with Crippen LogP contribution in [0.15, 0.2) is 18.5 Å². The molecule has 0 amide bonds. The summed E-state index contributed by atoms with van der Waals surface area (Å²) in [6, 6.07) is 1.42. The van der Waals surface area contributed by atoms with E-state index < -0.39 is 11.7 Å². The topological polar surface area (TPSA) is 81.6 Å². The smallest absolute Gasteiger partial charge is 0.308 e. The van der Waals surface area contributed by atoms with Gasteiger partial charge in [0.15, 0.2) is 5.82 Å². The zero-order chi connectivity index (χ0) is 15.8. The first-order chi connectivity index (χ1) is 9.61. The predicted molar refractivity (Wildman–Crippen MR) is 70.7 cm³/mol. The maximum absolute atomic E-state index is 12.6. The molecular formula is C12H15F3N6. The van der Waals surface area contributed by atoms with Gasteiger partial charge in [-0.3, -0.25) is 0 Å². The minimum atomic E-state index is -4.45. The summed E-state index contributed by atoms with van der Waals surface area (Å²) in [6.45, 7) is 5.66. The van der Waals surface area contributed by atoms with Crippen molar-refractivity contribution in [3.63, 3.8) is 0 Å². The number of rotatable bonds is 2. The van der Waals surface area contributed by atoms with Crippen molar-refractivity contribution in [2.45, 2.75) is 32.4 Å². The molecule has 0 saturated carbocycles. The molecule has 0 bridgehead atoms. The molecule has 2 rings (SSSR count). The SMILES string of the molecule is CC(C)(C)c1nc(NN)cc(-n2cc(C(F)(F)F)cn2)n1. The van der Waals surface area contributed by atoms with Crippen LogP contribution < -0.4 is 11.3 Å². The minimum Gasteiger partial charge on any atom is -0.308 e. The lowest BCUT2D eigenvalue weighted by molar-refractivity contribution is -0.137. The predicted octanol–water partition coefficient (Wildman–Crippen LogP) is 2.26. The molecule has 6 nitrogen and oxygen atoms in total. The molecule has 2 heterocycles. The molecule has 2 aromatic heterocycles. The molecular weight excluding hydrogens is 285 g/mol. The number of anilines is 1. The van der Waals surface area contributed by atoms with E-state index in [4.69, 9.17) is 5.84 Å². The van der Waals surface area contributed by atoms with Crippen LogP contribution in [0, 0.1) is 0 Å². The van der Waals surface area contributed by atoms with Gasteiger partial charge < -0.3 is 5.43 Å². The zero-order valence-corrected chi connectivity index (χ0v) is 11.7. The van der Waals surface area contributed by atoms with E-state index in [1.165, 1.54) is 6.07 Å². The monoisotopic (exact) mass is 300 g/mol. The van der Waals surface area contributed by atoms with Crippen molar-refractivity contribution in [2.24, 2.45) is 5.84 Å². The summed E-state index contributed by atoms with van der Waals surface area (Å²) in [7, 11) is 0. The number of hydrogen-bond acceptors (Lipinski definition) is 5. The van der Waals surface area contributed by atoms with Crippen LogP contribution in [0.5, 0.6) is 0 Å². The number of nitrogens with zero attached hydrogens (tertiary/aromatic N) is 4. The maximum Gasteiger partial charge on any atom is 0.419 e. The van der Waals surface area contributed by atoms with Crippen LogP contribution >= 0.6 is 0 Å². The lowest BCUT2D eigenvalue weighted by atomic mass is 9.96. The fourth-order valence-corrected chi connectivity index (χ4v) is 1.56. The van der Waals surface area contributed by atoms with Crippen molar-refractivity contribution >= 4 is 5.82 Å². The first-order valence-corrected chi connectivity index (χ1v) is 6.09. The highest BCUT2D eigenvalue weighted by Gasteiger charge is 2.32. The highest BCUT2D eigenvalue weighted by molar-refractivity contribution is 5.41. The first kappa shape index (κ1) is 15.2. The molecule has 9 heteroatoms. The van der Waals surface area contributed by atoms with Gasteiger partial charge in [0.25, 0.3) is 0 Å². The quantitative estimate of drug-likeness (QED) is 0.657. The van der Waals surface area contributed by atoms with Gasteiger partial charge in [0.2, 0.25) is 0 Å². The number of hydrazine groups is 1. The fraction of sp³-hybridized carbons (Fsp3) is 0.417. The Kier molecular flexibility index (Phi) is 3.62. The van der Waals surface area contributed by atoms with Gasteiger partial charge in [-0.2, -0.15) is 18.3 Å². The average molecular weight is 300 g/mol. The molecule has 0 spiro atoms.